The first-order chi connectivity index (χ1) is 10.7. The van der Waals surface area contributed by atoms with Crippen molar-refractivity contribution >= 4 is 28.6 Å². The highest BCUT2D eigenvalue weighted by molar-refractivity contribution is 7.98. The van der Waals surface area contributed by atoms with Crippen LogP contribution in [0.2, 0.25) is 0 Å². The number of furan rings is 1. The lowest BCUT2D eigenvalue weighted by molar-refractivity contribution is 0.0904. The van der Waals surface area contributed by atoms with E-state index < -0.39 is 0 Å². The first-order valence-electron chi connectivity index (χ1n) is 7.68. The number of hydrogen-bond donors (Lipinski definition) is 1. The summed E-state index contributed by atoms with van der Waals surface area (Å²) in [5.74, 6) is 0.641. The molecule has 2 aromatic rings. The summed E-state index contributed by atoms with van der Waals surface area (Å²) < 4.78 is 5.44. The Hall–Kier alpha value is -1.53. The van der Waals surface area contributed by atoms with Crippen molar-refractivity contribution in [3.63, 3.8) is 0 Å². The monoisotopic (exact) mass is 317 g/mol. The van der Waals surface area contributed by atoms with Gasteiger partial charge in [0.15, 0.2) is 0 Å². The van der Waals surface area contributed by atoms with Crippen LogP contribution in [-0.4, -0.2) is 47.7 Å². The van der Waals surface area contributed by atoms with Crippen molar-refractivity contribution < 1.29 is 9.21 Å². The minimum atomic E-state index is -0.0962. The van der Waals surface area contributed by atoms with Crippen molar-refractivity contribution in [2.75, 3.05) is 25.9 Å². The Morgan fingerprint density at radius 3 is 3.23 bits per heavy atom. The van der Waals surface area contributed by atoms with Crippen LogP contribution in [0.15, 0.2) is 27.8 Å². The van der Waals surface area contributed by atoms with Crippen LogP contribution < -0.4 is 5.32 Å². The average Bonchev–Trinajstić information content (AvgIpc) is 3.12. The Labute approximate surface area is 133 Å². The van der Waals surface area contributed by atoms with E-state index in [2.05, 4.69) is 15.2 Å². The summed E-state index contributed by atoms with van der Waals surface area (Å²) in [6.45, 7) is 3.32. The zero-order valence-electron chi connectivity index (χ0n) is 12.5. The quantitative estimate of drug-likeness (QED) is 0.881. The van der Waals surface area contributed by atoms with Gasteiger partial charge in [-0.25, -0.2) is 4.98 Å². The SMILES string of the molecule is CSc1nc(C(=O)N[C@@H]2C[C@@H]3CCN(C3)C2)cc2occc12. The van der Waals surface area contributed by atoms with Gasteiger partial charge < -0.3 is 14.6 Å². The van der Waals surface area contributed by atoms with E-state index >= 15 is 0 Å². The van der Waals surface area contributed by atoms with Crippen molar-refractivity contribution in [2.24, 2.45) is 5.92 Å². The molecule has 2 saturated heterocycles. The first-order valence-corrected chi connectivity index (χ1v) is 8.91. The number of pyridine rings is 1. The van der Waals surface area contributed by atoms with Gasteiger partial charge in [-0.2, -0.15) is 0 Å². The maximum atomic E-state index is 12.5. The van der Waals surface area contributed by atoms with Crippen LogP contribution in [0.4, 0.5) is 0 Å². The van der Waals surface area contributed by atoms with E-state index in [1.54, 1.807) is 12.3 Å². The molecular weight excluding hydrogens is 298 g/mol. The Balaban J connectivity index is 1.55. The molecule has 1 unspecified atom stereocenters. The largest absolute Gasteiger partial charge is 0.464 e. The standard InChI is InChI=1S/C16H19N3O2S/c1-22-16-12-3-5-21-14(12)7-13(18-16)15(20)17-11-6-10-2-4-19(8-10)9-11/h3,5,7,10-11H,2,4,6,8-9H2,1H3,(H,17,20)/t10-,11+/m0/s1. The molecule has 1 N–H and O–H groups in total. The minimum Gasteiger partial charge on any atom is -0.464 e. The zero-order valence-corrected chi connectivity index (χ0v) is 13.4. The molecule has 2 aliphatic rings. The van der Waals surface area contributed by atoms with Crippen molar-refractivity contribution in [2.45, 2.75) is 23.9 Å². The number of thioether (sulfide) groups is 1. The van der Waals surface area contributed by atoms with E-state index in [1.807, 2.05) is 12.3 Å². The number of nitrogens with zero attached hydrogens (tertiary/aromatic N) is 2. The van der Waals surface area contributed by atoms with E-state index in [4.69, 9.17) is 4.42 Å². The predicted molar refractivity (Wildman–Crippen MR) is 86.2 cm³/mol. The highest BCUT2D eigenvalue weighted by atomic mass is 32.2. The summed E-state index contributed by atoms with van der Waals surface area (Å²) >= 11 is 1.53. The number of carbonyl (C=O) groups excluding carboxylic acids is 1. The van der Waals surface area contributed by atoms with Gasteiger partial charge in [0.1, 0.15) is 16.3 Å². The second kappa shape index (κ2) is 5.59. The number of amides is 1. The van der Waals surface area contributed by atoms with Crippen LogP contribution in [0.5, 0.6) is 0 Å². The third-order valence-corrected chi connectivity index (χ3v) is 5.34. The summed E-state index contributed by atoms with van der Waals surface area (Å²) in [7, 11) is 0. The number of carbonyl (C=O) groups is 1. The van der Waals surface area contributed by atoms with Gasteiger partial charge in [-0.1, -0.05) is 0 Å². The second-order valence-corrected chi connectivity index (χ2v) is 6.96. The Morgan fingerprint density at radius 2 is 2.41 bits per heavy atom. The van der Waals surface area contributed by atoms with Gasteiger partial charge in [0, 0.05) is 25.2 Å². The molecule has 0 aromatic carbocycles. The molecule has 0 saturated carbocycles. The highest BCUT2D eigenvalue weighted by Crippen LogP contribution is 2.28. The van der Waals surface area contributed by atoms with E-state index in [-0.39, 0.29) is 11.9 Å². The third-order valence-electron chi connectivity index (χ3n) is 4.64. The number of fused-ring (bicyclic) bond motifs is 3. The van der Waals surface area contributed by atoms with Gasteiger partial charge in [-0.3, -0.25) is 4.79 Å². The van der Waals surface area contributed by atoms with Crippen LogP contribution >= 0.6 is 11.8 Å². The average molecular weight is 317 g/mol. The molecule has 116 valence electrons. The normalized spacial score (nSPS) is 27.2. The fourth-order valence-electron chi connectivity index (χ4n) is 3.63. The molecule has 4 heterocycles. The number of nitrogens with one attached hydrogen (secondary N) is 1. The van der Waals surface area contributed by atoms with Crippen LogP contribution in [0.25, 0.3) is 11.0 Å². The number of piperidine rings is 1. The zero-order chi connectivity index (χ0) is 15.1. The van der Waals surface area contributed by atoms with E-state index in [9.17, 15) is 4.79 Å². The molecular formula is C16H19N3O2S. The van der Waals surface area contributed by atoms with E-state index in [0.717, 1.165) is 34.9 Å². The van der Waals surface area contributed by atoms with Crippen molar-refractivity contribution in [3.8, 4) is 0 Å². The molecule has 0 aliphatic carbocycles. The maximum Gasteiger partial charge on any atom is 0.270 e. The lowest BCUT2D eigenvalue weighted by Crippen LogP contribution is -2.47. The predicted octanol–water partition coefficient (Wildman–Crippen LogP) is 2.37. The van der Waals surface area contributed by atoms with Crippen LogP contribution in [0.1, 0.15) is 23.3 Å². The van der Waals surface area contributed by atoms with Crippen LogP contribution in [0, 0.1) is 5.92 Å². The molecule has 4 rings (SSSR count). The lowest BCUT2D eigenvalue weighted by Gasteiger charge is -2.30. The smallest absolute Gasteiger partial charge is 0.270 e. The van der Waals surface area contributed by atoms with Gasteiger partial charge in [-0.05, 0) is 37.6 Å². The number of hydrogen-bond acceptors (Lipinski definition) is 5. The summed E-state index contributed by atoms with van der Waals surface area (Å²) in [5, 5.41) is 4.95. The molecule has 6 heteroatoms. The Kier molecular flexibility index (Phi) is 3.58. The van der Waals surface area contributed by atoms with E-state index in [1.165, 1.54) is 31.3 Å². The summed E-state index contributed by atoms with van der Waals surface area (Å²) in [4.78, 5) is 19.5. The number of rotatable bonds is 3. The van der Waals surface area contributed by atoms with Crippen molar-refractivity contribution in [1.29, 1.82) is 0 Å². The van der Waals surface area contributed by atoms with Gasteiger partial charge in [0.25, 0.3) is 5.91 Å². The van der Waals surface area contributed by atoms with E-state index in [0.29, 0.717) is 5.69 Å². The Bertz CT molecular complexity index is 702. The highest BCUT2D eigenvalue weighted by Gasteiger charge is 2.33. The van der Waals surface area contributed by atoms with Gasteiger partial charge in [-0.15, -0.1) is 11.8 Å². The molecule has 0 radical (unpaired) electrons. The van der Waals surface area contributed by atoms with Crippen molar-refractivity contribution in [1.82, 2.24) is 15.2 Å². The Morgan fingerprint density at radius 1 is 1.50 bits per heavy atom. The minimum absolute atomic E-state index is 0.0962. The molecule has 2 bridgehead atoms. The fourth-order valence-corrected chi connectivity index (χ4v) is 4.21. The molecule has 1 amide bonds. The summed E-state index contributed by atoms with van der Waals surface area (Å²) in [5.41, 5.74) is 1.16. The summed E-state index contributed by atoms with van der Waals surface area (Å²) in [6, 6.07) is 3.87. The first kappa shape index (κ1) is 14.1. The molecule has 5 nitrogen and oxygen atoms in total. The summed E-state index contributed by atoms with van der Waals surface area (Å²) in [6.07, 6.45) is 5.95. The molecule has 2 fully saturated rings. The molecule has 0 spiro atoms. The van der Waals surface area contributed by atoms with Gasteiger partial charge >= 0.3 is 0 Å². The topological polar surface area (TPSA) is 58.4 Å². The van der Waals surface area contributed by atoms with Crippen LogP contribution in [-0.2, 0) is 0 Å². The molecule has 22 heavy (non-hydrogen) atoms. The van der Waals surface area contributed by atoms with Gasteiger partial charge in [0.05, 0.1) is 11.6 Å². The molecule has 2 aromatic heterocycles. The molecule has 2 aliphatic heterocycles. The van der Waals surface area contributed by atoms with Crippen molar-refractivity contribution in [3.05, 3.63) is 24.1 Å². The molecule has 3 atom stereocenters. The lowest BCUT2D eigenvalue weighted by atomic mass is 9.97. The third kappa shape index (κ3) is 2.50. The number of aromatic nitrogens is 1. The van der Waals surface area contributed by atoms with Gasteiger partial charge in [0.2, 0.25) is 0 Å². The maximum absolute atomic E-state index is 12.5. The fraction of sp³-hybridized carbons (Fsp3) is 0.500. The second-order valence-electron chi connectivity index (χ2n) is 6.17. The van der Waals surface area contributed by atoms with Crippen LogP contribution in [0.3, 0.4) is 0 Å².